The minimum atomic E-state index is -0.450. The van der Waals surface area contributed by atoms with Gasteiger partial charge in [0.25, 0.3) is 5.56 Å². The predicted molar refractivity (Wildman–Crippen MR) is 163 cm³/mol. The van der Waals surface area contributed by atoms with Crippen LogP contribution in [0, 0.1) is 5.92 Å². The lowest BCUT2D eigenvalue weighted by molar-refractivity contribution is 0.0166. The van der Waals surface area contributed by atoms with Crippen LogP contribution in [0.5, 0.6) is 0 Å². The lowest BCUT2D eigenvalue weighted by Gasteiger charge is -2.38. The maximum atomic E-state index is 12.9. The van der Waals surface area contributed by atoms with E-state index >= 15 is 0 Å². The zero-order chi connectivity index (χ0) is 29.1. The number of hydrogen-bond acceptors (Lipinski definition) is 5. The van der Waals surface area contributed by atoms with Gasteiger partial charge in [0.2, 0.25) is 0 Å². The number of fused-ring (bicyclic) bond motifs is 5. The minimum absolute atomic E-state index is 0.185. The van der Waals surface area contributed by atoms with Crippen LogP contribution in [0.15, 0.2) is 41.2 Å². The zero-order valence-electron chi connectivity index (χ0n) is 24.9. The van der Waals surface area contributed by atoms with E-state index in [9.17, 15) is 9.59 Å². The fourth-order valence-electron chi connectivity index (χ4n) is 6.97. The molecule has 218 valence electrons. The summed E-state index contributed by atoms with van der Waals surface area (Å²) in [4.78, 5) is 34.4. The van der Waals surface area contributed by atoms with Gasteiger partial charge in [-0.2, -0.15) is 4.98 Å². The highest BCUT2D eigenvalue weighted by molar-refractivity contribution is 6.35. The Morgan fingerprint density at radius 1 is 1.05 bits per heavy atom. The predicted octanol–water partition coefficient (Wildman–Crippen LogP) is 6.50. The number of benzene rings is 2. The third kappa shape index (κ3) is 5.27. The summed E-state index contributed by atoms with van der Waals surface area (Å²) in [5, 5.41) is 0.929. The Morgan fingerprint density at radius 2 is 1.76 bits per heavy atom. The average molecular weight is 577 g/mol. The first-order valence-electron chi connectivity index (χ1n) is 15.0. The summed E-state index contributed by atoms with van der Waals surface area (Å²) in [6, 6.07) is 12.5. The third-order valence-corrected chi connectivity index (χ3v) is 9.52. The molecule has 0 atom stereocenters. The highest BCUT2D eigenvalue weighted by Crippen LogP contribution is 2.44. The van der Waals surface area contributed by atoms with Gasteiger partial charge in [0.15, 0.2) is 0 Å². The fraction of sp³-hybridized carbons (Fsp3) is 0.545. The average Bonchev–Trinajstić information content (AvgIpc) is 3.14. The first-order chi connectivity index (χ1) is 19.4. The number of hydrogen-bond donors (Lipinski definition) is 0. The maximum absolute atomic E-state index is 12.9. The largest absolute Gasteiger partial charge is 0.444 e. The first kappa shape index (κ1) is 28.2. The van der Waals surface area contributed by atoms with E-state index in [2.05, 4.69) is 46.5 Å². The van der Waals surface area contributed by atoms with Crippen molar-refractivity contribution in [1.29, 1.82) is 0 Å². The second-order valence-corrected chi connectivity index (χ2v) is 14.0. The van der Waals surface area contributed by atoms with Crippen molar-refractivity contribution in [2.45, 2.75) is 77.2 Å². The molecule has 3 aliphatic rings. The molecule has 0 radical (unpaired) electrons. The van der Waals surface area contributed by atoms with Gasteiger partial charge in [0.05, 0.1) is 27.0 Å². The number of carbonyl (C=O) groups excluding carboxylic acids is 1. The maximum Gasteiger partial charge on any atom is 0.410 e. The molecule has 41 heavy (non-hydrogen) atoms. The molecule has 4 heterocycles. The lowest BCUT2D eigenvalue weighted by atomic mass is 9.83. The number of piperidine rings is 2. The third-order valence-electron chi connectivity index (χ3n) is 9.20. The molecule has 2 fully saturated rings. The Kier molecular flexibility index (Phi) is 7.18. The quantitative estimate of drug-likeness (QED) is 0.356. The Hall–Kier alpha value is -2.90. The van der Waals surface area contributed by atoms with E-state index in [4.69, 9.17) is 16.3 Å². The highest BCUT2D eigenvalue weighted by Gasteiger charge is 2.39. The molecule has 3 aliphatic heterocycles. The summed E-state index contributed by atoms with van der Waals surface area (Å²) in [6.07, 6.45) is 4.14. The van der Waals surface area contributed by atoms with Crippen molar-refractivity contribution >= 4 is 28.6 Å². The summed E-state index contributed by atoms with van der Waals surface area (Å²) in [5.41, 5.74) is 3.40. The van der Waals surface area contributed by atoms with Crippen molar-refractivity contribution < 1.29 is 9.53 Å². The van der Waals surface area contributed by atoms with E-state index in [1.165, 1.54) is 11.1 Å². The van der Waals surface area contributed by atoms with Crippen molar-refractivity contribution in [3.63, 3.8) is 0 Å². The zero-order valence-corrected chi connectivity index (χ0v) is 25.6. The van der Waals surface area contributed by atoms with E-state index in [0.29, 0.717) is 22.2 Å². The standard InChI is InChI=1S/C33H41ClN4O3/c1-32(2,3)41-31(40)37-17-11-21(12-18-37)20-36-15-13-22(14-16-36)23-9-10-24-27(19-23)38-26-8-6-7-25(34)28(26)29(39)35-30(38)33(24,4)5/h6-10,19,21-22H,11-18,20H2,1-5H3. The summed E-state index contributed by atoms with van der Waals surface area (Å²) < 4.78 is 7.71. The van der Waals surface area contributed by atoms with Crippen LogP contribution in [-0.4, -0.2) is 63.8 Å². The fourth-order valence-corrected chi connectivity index (χ4v) is 7.22. The number of likely N-dealkylation sites (tertiary alicyclic amines) is 2. The summed E-state index contributed by atoms with van der Waals surface area (Å²) in [7, 11) is 0. The molecule has 6 rings (SSSR count). The summed E-state index contributed by atoms with van der Waals surface area (Å²) >= 11 is 6.46. The van der Waals surface area contributed by atoms with E-state index in [1.807, 2.05) is 37.8 Å². The molecule has 0 bridgehead atoms. The van der Waals surface area contributed by atoms with Crippen LogP contribution < -0.4 is 5.56 Å². The SMILES string of the molecule is CC(C)(C)OC(=O)N1CCC(CN2CCC(c3ccc4c(c3)-n3c(nc(=O)c5c(Cl)cccc53)C4(C)C)CC2)CC1. The molecule has 3 aromatic rings. The van der Waals surface area contributed by atoms with Gasteiger partial charge in [-0.3, -0.25) is 9.36 Å². The van der Waals surface area contributed by atoms with Gasteiger partial charge >= 0.3 is 6.09 Å². The second kappa shape index (κ2) is 10.4. The van der Waals surface area contributed by atoms with E-state index in [0.717, 1.165) is 75.4 Å². The topological polar surface area (TPSA) is 67.7 Å². The summed E-state index contributed by atoms with van der Waals surface area (Å²) in [5.74, 6) is 1.90. The molecule has 8 heteroatoms. The monoisotopic (exact) mass is 576 g/mol. The molecule has 2 saturated heterocycles. The van der Waals surface area contributed by atoms with Crippen LogP contribution in [-0.2, 0) is 10.2 Å². The van der Waals surface area contributed by atoms with Crippen molar-refractivity contribution in [2.75, 3.05) is 32.7 Å². The summed E-state index contributed by atoms with van der Waals surface area (Å²) in [6.45, 7) is 14.9. The molecular formula is C33H41ClN4O3. The van der Waals surface area contributed by atoms with Crippen molar-refractivity contribution in [2.24, 2.45) is 5.92 Å². The van der Waals surface area contributed by atoms with Crippen LogP contribution in [0.3, 0.4) is 0 Å². The number of aromatic nitrogens is 2. The number of halogens is 1. The van der Waals surface area contributed by atoms with Gasteiger partial charge in [-0.1, -0.05) is 29.8 Å². The lowest BCUT2D eigenvalue weighted by Crippen LogP contribution is -2.44. The molecule has 2 aromatic carbocycles. The smallest absolute Gasteiger partial charge is 0.410 e. The van der Waals surface area contributed by atoms with Gasteiger partial charge in [0.1, 0.15) is 11.4 Å². The highest BCUT2D eigenvalue weighted by atomic mass is 35.5. The Morgan fingerprint density at radius 3 is 2.44 bits per heavy atom. The van der Waals surface area contributed by atoms with Gasteiger partial charge in [-0.25, -0.2) is 4.79 Å². The van der Waals surface area contributed by atoms with Gasteiger partial charge < -0.3 is 14.5 Å². The van der Waals surface area contributed by atoms with E-state index < -0.39 is 5.60 Å². The number of carbonyl (C=O) groups is 1. The molecule has 0 spiro atoms. The molecule has 0 N–H and O–H groups in total. The molecule has 0 unspecified atom stereocenters. The van der Waals surface area contributed by atoms with Gasteiger partial charge in [0, 0.05) is 19.6 Å². The van der Waals surface area contributed by atoms with Crippen molar-refractivity contribution in [1.82, 2.24) is 19.4 Å². The van der Waals surface area contributed by atoms with Crippen LogP contribution in [0.4, 0.5) is 4.79 Å². The molecule has 0 saturated carbocycles. The normalized spacial score (nSPS) is 19.8. The number of ether oxygens (including phenoxy) is 1. The van der Waals surface area contributed by atoms with E-state index in [-0.39, 0.29) is 17.1 Å². The molecule has 0 aliphatic carbocycles. The van der Waals surface area contributed by atoms with Crippen molar-refractivity contribution in [3.05, 3.63) is 68.7 Å². The number of amides is 1. The Balaban J connectivity index is 1.13. The van der Waals surface area contributed by atoms with Crippen LogP contribution in [0.2, 0.25) is 5.02 Å². The second-order valence-electron chi connectivity index (χ2n) is 13.6. The minimum Gasteiger partial charge on any atom is -0.444 e. The van der Waals surface area contributed by atoms with Gasteiger partial charge in [-0.15, -0.1) is 0 Å². The van der Waals surface area contributed by atoms with Crippen molar-refractivity contribution in [3.8, 4) is 5.69 Å². The Bertz CT molecular complexity index is 1540. The molecule has 1 aromatic heterocycles. The van der Waals surface area contributed by atoms with Gasteiger partial charge in [-0.05, 0) is 115 Å². The van der Waals surface area contributed by atoms with Crippen LogP contribution >= 0.6 is 11.6 Å². The number of rotatable bonds is 3. The van der Waals surface area contributed by atoms with Crippen LogP contribution in [0.25, 0.3) is 16.6 Å². The first-order valence-corrected chi connectivity index (χ1v) is 15.4. The molecule has 1 amide bonds. The molecular weight excluding hydrogens is 536 g/mol. The number of nitrogens with zero attached hydrogens (tertiary/aromatic N) is 4. The molecule has 7 nitrogen and oxygen atoms in total. The Labute approximate surface area is 247 Å². The van der Waals surface area contributed by atoms with E-state index in [1.54, 1.807) is 6.07 Å². The van der Waals surface area contributed by atoms with Crippen LogP contribution in [0.1, 0.15) is 83.2 Å².